The third-order valence-corrected chi connectivity index (χ3v) is 6.99. The molecule has 0 aromatic heterocycles. The number of hydrogen-bond acceptors (Lipinski definition) is 10. The molecule has 0 amide bonds. The Morgan fingerprint density at radius 3 is 1.45 bits per heavy atom. The van der Waals surface area contributed by atoms with Gasteiger partial charge in [0.1, 0.15) is 17.1 Å². The zero-order valence-electron chi connectivity index (χ0n) is 29.5. The Kier molecular flexibility index (Phi) is 12.9. The molecule has 4 aromatic carbocycles. The van der Waals surface area contributed by atoms with Gasteiger partial charge in [-0.05, 0) is 92.7 Å². The van der Waals surface area contributed by atoms with E-state index in [-0.39, 0.29) is 28.0 Å². The highest BCUT2D eigenvalue weighted by molar-refractivity contribution is 6.33. The Bertz CT molecular complexity index is 2420. The van der Waals surface area contributed by atoms with Gasteiger partial charge >= 0.3 is 23.9 Å². The van der Waals surface area contributed by atoms with E-state index in [9.17, 15) is 33.2 Å². The van der Waals surface area contributed by atoms with Gasteiger partial charge in [-0.25, -0.2) is 23.6 Å². The number of hydrogen-bond donors (Lipinski definition) is 0. The van der Waals surface area contributed by atoms with E-state index in [2.05, 4.69) is 43.4 Å². The van der Waals surface area contributed by atoms with Crippen LogP contribution in [0.2, 0.25) is 0 Å². The van der Waals surface area contributed by atoms with E-state index < -0.39 is 69.7 Å². The van der Waals surface area contributed by atoms with Crippen LogP contribution < -0.4 is 18.9 Å². The number of carbonyl (C=O) groups excluding carboxylic acids is 6. The minimum absolute atomic E-state index is 0.0260. The van der Waals surface area contributed by atoms with Gasteiger partial charge in [0, 0.05) is 40.3 Å². The molecule has 10 nitrogen and oxygen atoms in total. The SMILES string of the molecule is C=C(C)C(=O)Oc1ccc(C#Cc2ccc(C(=O)c3cc(OC(=O)C(=C)C)c(C#Cc4ccc(OC(=O)C(=C)F)cc4)c(F)c3OC(=O)C(C)=O)cc2)cc1. The molecule has 0 aliphatic rings. The second-order valence-corrected chi connectivity index (χ2v) is 11.5. The van der Waals surface area contributed by atoms with Crippen molar-refractivity contribution in [1.29, 1.82) is 0 Å². The molecule has 0 radical (unpaired) electrons. The Hall–Kier alpha value is -7.70. The smallest absolute Gasteiger partial charge is 0.379 e. The maximum absolute atomic E-state index is 16.4. The van der Waals surface area contributed by atoms with Crippen molar-refractivity contribution in [3.05, 3.63) is 155 Å². The maximum atomic E-state index is 16.4. The summed E-state index contributed by atoms with van der Waals surface area (Å²) in [6.07, 6.45) is 0. The maximum Gasteiger partial charge on any atom is 0.379 e. The van der Waals surface area contributed by atoms with E-state index >= 15 is 4.39 Å². The molecular formula is C43H28F2O10. The van der Waals surface area contributed by atoms with Gasteiger partial charge in [-0.15, -0.1) is 0 Å². The molecule has 0 unspecified atom stereocenters. The first-order valence-corrected chi connectivity index (χ1v) is 15.8. The Morgan fingerprint density at radius 1 is 0.564 bits per heavy atom. The van der Waals surface area contributed by atoms with Gasteiger partial charge in [-0.3, -0.25) is 9.59 Å². The van der Waals surface area contributed by atoms with Crippen LogP contribution in [0.25, 0.3) is 0 Å². The molecule has 0 fully saturated rings. The van der Waals surface area contributed by atoms with E-state index in [1.165, 1.54) is 62.4 Å². The summed E-state index contributed by atoms with van der Waals surface area (Å²) in [6, 6.07) is 18.3. The van der Waals surface area contributed by atoms with Crippen molar-refractivity contribution in [2.45, 2.75) is 20.8 Å². The van der Waals surface area contributed by atoms with Gasteiger partial charge < -0.3 is 18.9 Å². The lowest BCUT2D eigenvalue weighted by Gasteiger charge is -2.15. The second-order valence-electron chi connectivity index (χ2n) is 11.5. The van der Waals surface area contributed by atoms with Crippen LogP contribution in [0.15, 0.2) is 116 Å². The fraction of sp³-hybridized carbons (Fsp3) is 0.0698. The van der Waals surface area contributed by atoms with E-state index in [1.54, 1.807) is 24.3 Å². The lowest BCUT2D eigenvalue weighted by atomic mass is 9.98. The molecule has 0 saturated heterocycles. The topological polar surface area (TPSA) is 139 Å². The van der Waals surface area contributed by atoms with E-state index in [0.717, 1.165) is 13.0 Å². The summed E-state index contributed by atoms with van der Waals surface area (Å²) >= 11 is 0. The van der Waals surface area contributed by atoms with Crippen LogP contribution >= 0.6 is 0 Å². The summed E-state index contributed by atoms with van der Waals surface area (Å²) < 4.78 is 49.7. The molecule has 4 aromatic rings. The molecule has 0 bridgehead atoms. The van der Waals surface area contributed by atoms with Gasteiger partial charge in [0.15, 0.2) is 23.1 Å². The molecule has 0 aliphatic heterocycles. The van der Waals surface area contributed by atoms with Crippen molar-refractivity contribution in [2.75, 3.05) is 0 Å². The van der Waals surface area contributed by atoms with Gasteiger partial charge in [0.25, 0.3) is 0 Å². The molecule has 0 aliphatic carbocycles. The zero-order valence-corrected chi connectivity index (χ0v) is 29.5. The highest BCUT2D eigenvalue weighted by Crippen LogP contribution is 2.35. The third kappa shape index (κ3) is 10.7. The molecule has 0 spiro atoms. The summed E-state index contributed by atoms with van der Waals surface area (Å²) in [6.45, 7) is 13.6. The van der Waals surface area contributed by atoms with E-state index in [0.29, 0.717) is 16.9 Å². The number of halogens is 2. The number of ether oxygens (including phenoxy) is 4. The van der Waals surface area contributed by atoms with Crippen LogP contribution in [0.1, 0.15) is 58.9 Å². The molecular weight excluding hydrogens is 714 g/mol. The Morgan fingerprint density at radius 2 is 1.00 bits per heavy atom. The average Bonchev–Trinajstić information content (AvgIpc) is 3.15. The Labute approximate surface area is 313 Å². The second kappa shape index (κ2) is 17.7. The first-order valence-electron chi connectivity index (χ1n) is 15.8. The molecule has 12 heteroatoms. The summed E-state index contributed by atoms with van der Waals surface area (Å²) in [4.78, 5) is 73.9. The molecule has 55 heavy (non-hydrogen) atoms. The number of esters is 4. The zero-order chi connectivity index (χ0) is 40.4. The van der Waals surface area contributed by atoms with Gasteiger partial charge in [-0.1, -0.05) is 43.4 Å². The van der Waals surface area contributed by atoms with Crippen molar-refractivity contribution in [1.82, 2.24) is 0 Å². The van der Waals surface area contributed by atoms with Gasteiger partial charge in [0.2, 0.25) is 11.6 Å². The fourth-order valence-electron chi connectivity index (χ4n) is 4.13. The summed E-state index contributed by atoms with van der Waals surface area (Å²) in [5.74, 6) is 0.627. The summed E-state index contributed by atoms with van der Waals surface area (Å²) in [5.41, 5.74) is 0.191. The van der Waals surface area contributed by atoms with Crippen molar-refractivity contribution >= 4 is 35.4 Å². The van der Waals surface area contributed by atoms with Gasteiger partial charge in [-0.2, -0.15) is 4.39 Å². The molecule has 0 saturated carbocycles. The number of rotatable bonds is 10. The lowest BCUT2D eigenvalue weighted by Crippen LogP contribution is -2.20. The largest absolute Gasteiger partial charge is 0.423 e. The third-order valence-electron chi connectivity index (χ3n) is 6.99. The van der Waals surface area contributed by atoms with Gasteiger partial charge in [0.05, 0.1) is 5.56 Å². The average molecular weight is 743 g/mol. The van der Waals surface area contributed by atoms with Crippen molar-refractivity contribution in [2.24, 2.45) is 0 Å². The van der Waals surface area contributed by atoms with Crippen LogP contribution in [0.3, 0.4) is 0 Å². The molecule has 274 valence electrons. The number of carbonyl (C=O) groups is 6. The van der Waals surface area contributed by atoms with Crippen LogP contribution in [-0.4, -0.2) is 35.4 Å². The monoisotopic (exact) mass is 742 g/mol. The van der Waals surface area contributed by atoms with Crippen molar-refractivity contribution < 1.29 is 56.5 Å². The molecule has 0 heterocycles. The lowest BCUT2D eigenvalue weighted by molar-refractivity contribution is -0.146. The quantitative estimate of drug-likeness (QED) is 0.0431. The first kappa shape index (κ1) is 40.1. The number of ketones is 2. The van der Waals surface area contributed by atoms with Crippen molar-refractivity contribution in [3.63, 3.8) is 0 Å². The normalized spacial score (nSPS) is 9.91. The van der Waals surface area contributed by atoms with Crippen molar-refractivity contribution in [3.8, 4) is 46.7 Å². The standard InChI is InChI=1S/C43H28F2O10/c1-24(2)40(48)52-32-18-11-29(12-19-32)8-7-28-9-16-31(17-10-28)38(47)35-23-36(54-41(49)25(3)4)34(37(45)39(35)55-43(51)27(6)46)22-15-30-13-20-33(21-14-30)53-42(50)26(5)44/h9-14,16-21,23H,1,3,5H2,2,4,6H3. The minimum Gasteiger partial charge on any atom is -0.423 e. The first-order chi connectivity index (χ1) is 26.0. The predicted octanol–water partition coefficient (Wildman–Crippen LogP) is 6.70. The number of benzene rings is 4. The molecule has 0 N–H and O–H groups in total. The van der Waals surface area contributed by atoms with Crippen LogP contribution in [0.4, 0.5) is 8.78 Å². The highest BCUT2D eigenvalue weighted by atomic mass is 19.1. The number of Topliss-reactive ketones (excluding diaryl/α,β-unsaturated/α-hetero) is 1. The summed E-state index contributed by atoms with van der Waals surface area (Å²) in [5, 5.41) is 0. The Balaban J connectivity index is 1.72. The predicted molar refractivity (Wildman–Crippen MR) is 194 cm³/mol. The van der Waals surface area contributed by atoms with Crippen LogP contribution in [0.5, 0.6) is 23.0 Å². The molecule has 0 atom stereocenters. The fourth-order valence-corrected chi connectivity index (χ4v) is 4.13. The van der Waals surface area contributed by atoms with Crippen LogP contribution in [-0.2, 0) is 24.0 Å². The minimum atomic E-state index is -1.49. The highest BCUT2D eigenvalue weighted by Gasteiger charge is 2.28. The molecule has 4 rings (SSSR count). The van der Waals surface area contributed by atoms with E-state index in [4.69, 9.17) is 18.9 Å². The van der Waals surface area contributed by atoms with Crippen LogP contribution in [0, 0.1) is 29.5 Å². The summed E-state index contributed by atoms with van der Waals surface area (Å²) in [7, 11) is 0. The van der Waals surface area contributed by atoms with E-state index in [1.807, 2.05) is 0 Å².